The van der Waals surface area contributed by atoms with Crippen molar-refractivity contribution in [3.63, 3.8) is 0 Å². The normalized spacial score (nSPS) is 13.1. The molecular weight excluding hydrogens is 560 g/mol. The van der Waals surface area contributed by atoms with Crippen molar-refractivity contribution in [3.05, 3.63) is 108 Å². The molecule has 2 amide bonds. The van der Waals surface area contributed by atoms with Gasteiger partial charge < -0.3 is 19.5 Å². The fourth-order valence-electron chi connectivity index (χ4n) is 4.86. The highest BCUT2D eigenvalue weighted by atomic mass is 16.7. The molecule has 232 valence electrons. The van der Waals surface area contributed by atoms with Gasteiger partial charge in [-0.05, 0) is 67.9 Å². The first-order valence-corrected chi connectivity index (χ1v) is 14.8. The number of benzene rings is 3. The van der Waals surface area contributed by atoms with E-state index in [-0.39, 0.29) is 32.2 Å². The van der Waals surface area contributed by atoms with Crippen LogP contribution in [0.5, 0.6) is 0 Å². The number of rotatable bonds is 13. The van der Waals surface area contributed by atoms with Crippen LogP contribution in [0.2, 0.25) is 0 Å². The number of nitrogens with one attached hydrogen (secondary N) is 2. The third kappa shape index (κ3) is 9.70. The van der Waals surface area contributed by atoms with Gasteiger partial charge >= 0.3 is 18.2 Å². The summed E-state index contributed by atoms with van der Waals surface area (Å²) >= 11 is 0. The van der Waals surface area contributed by atoms with Crippen molar-refractivity contribution in [2.24, 2.45) is 0 Å². The number of unbranched alkanes of at least 4 members (excludes halogenated alkanes) is 1. The zero-order valence-corrected chi connectivity index (χ0v) is 25.4. The van der Waals surface area contributed by atoms with Crippen molar-refractivity contribution in [2.75, 3.05) is 13.2 Å². The van der Waals surface area contributed by atoms with Gasteiger partial charge in [0, 0.05) is 5.92 Å². The molecule has 9 nitrogen and oxygen atoms in total. The SMILES string of the molecule is CC(C)(C)OC(=O)NOCCC/C=C/C[C@H](NC(=O)OCC1c2ccccc2-c2ccccc21)C(=O)OCc1ccccc1. The average Bonchev–Trinajstić information content (AvgIpc) is 3.32. The van der Waals surface area contributed by atoms with Gasteiger partial charge in [-0.2, -0.15) is 5.48 Å². The zero-order valence-electron chi connectivity index (χ0n) is 25.4. The molecule has 0 bridgehead atoms. The van der Waals surface area contributed by atoms with Crippen LogP contribution in [-0.4, -0.2) is 43.0 Å². The maximum atomic E-state index is 13.0. The molecule has 0 heterocycles. The zero-order chi connectivity index (χ0) is 31.4. The van der Waals surface area contributed by atoms with Crippen molar-refractivity contribution in [2.45, 2.75) is 64.2 Å². The molecule has 4 rings (SSSR count). The molecule has 0 aliphatic heterocycles. The molecule has 1 atom stereocenters. The summed E-state index contributed by atoms with van der Waals surface area (Å²) in [5.41, 5.74) is 6.96. The topological polar surface area (TPSA) is 112 Å². The number of ether oxygens (including phenoxy) is 3. The Balaban J connectivity index is 1.28. The minimum Gasteiger partial charge on any atom is -0.459 e. The highest BCUT2D eigenvalue weighted by Gasteiger charge is 2.30. The van der Waals surface area contributed by atoms with Gasteiger partial charge in [-0.25, -0.2) is 14.4 Å². The van der Waals surface area contributed by atoms with Gasteiger partial charge in [0.1, 0.15) is 24.9 Å². The molecule has 2 N–H and O–H groups in total. The number of hydrogen-bond acceptors (Lipinski definition) is 7. The van der Waals surface area contributed by atoms with Gasteiger partial charge in [0.05, 0.1) is 6.61 Å². The lowest BCUT2D eigenvalue weighted by Gasteiger charge is -2.19. The predicted octanol–water partition coefficient (Wildman–Crippen LogP) is 6.82. The standard InChI is InChI=1S/C35H40N2O7/c1-35(2,3)44-34(40)37-43-22-14-5-4-9-21-31(32(38)41-23-25-15-7-6-8-16-25)36-33(39)42-24-30-28-19-12-10-17-26(28)27-18-11-13-20-29(27)30/h4,6-13,15-20,30-31H,5,14,21-24H2,1-3H3,(H,36,39)(H,37,40)/b9-4+/t31-/m0/s1. The van der Waals surface area contributed by atoms with Gasteiger partial charge in [-0.15, -0.1) is 0 Å². The Morgan fingerprint density at radius 3 is 2.11 bits per heavy atom. The summed E-state index contributed by atoms with van der Waals surface area (Å²) in [5.74, 6) is -0.652. The molecule has 9 heteroatoms. The molecule has 0 saturated carbocycles. The van der Waals surface area contributed by atoms with Gasteiger partial charge in [0.15, 0.2) is 0 Å². The minimum absolute atomic E-state index is 0.0915. The Bertz CT molecular complexity index is 1390. The molecule has 1 aliphatic carbocycles. The Morgan fingerprint density at radius 2 is 1.45 bits per heavy atom. The van der Waals surface area contributed by atoms with E-state index in [0.717, 1.165) is 27.8 Å². The van der Waals surface area contributed by atoms with E-state index in [4.69, 9.17) is 19.0 Å². The summed E-state index contributed by atoms with van der Waals surface area (Å²) in [6.45, 7) is 5.82. The maximum Gasteiger partial charge on any atom is 0.431 e. The number of allylic oxidation sites excluding steroid dienone is 1. The molecule has 3 aromatic carbocycles. The van der Waals surface area contributed by atoms with E-state index < -0.39 is 29.8 Å². The van der Waals surface area contributed by atoms with Gasteiger partial charge in [0.25, 0.3) is 0 Å². The summed E-state index contributed by atoms with van der Waals surface area (Å²) in [4.78, 5) is 42.7. The Kier molecular flexibility index (Phi) is 11.5. The molecule has 3 aromatic rings. The van der Waals surface area contributed by atoms with Crippen molar-refractivity contribution in [3.8, 4) is 11.1 Å². The first kappa shape index (κ1) is 32.3. The predicted molar refractivity (Wildman–Crippen MR) is 167 cm³/mol. The first-order chi connectivity index (χ1) is 21.2. The monoisotopic (exact) mass is 600 g/mol. The van der Waals surface area contributed by atoms with Gasteiger partial charge in [-0.3, -0.25) is 4.84 Å². The van der Waals surface area contributed by atoms with E-state index in [9.17, 15) is 14.4 Å². The van der Waals surface area contributed by atoms with E-state index in [1.54, 1.807) is 26.8 Å². The van der Waals surface area contributed by atoms with Crippen molar-refractivity contribution in [1.29, 1.82) is 0 Å². The molecule has 0 radical (unpaired) electrons. The third-order valence-electron chi connectivity index (χ3n) is 6.85. The van der Waals surface area contributed by atoms with Gasteiger partial charge in [-0.1, -0.05) is 91.0 Å². The maximum absolute atomic E-state index is 13.0. The van der Waals surface area contributed by atoms with Crippen LogP contribution in [-0.2, 0) is 30.4 Å². The van der Waals surface area contributed by atoms with Crippen LogP contribution in [0, 0.1) is 0 Å². The van der Waals surface area contributed by atoms with E-state index in [0.29, 0.717) is 12.8 Å². The number of esters is 1. The van der Waals surface area contributed by atoms with Crippen LogP contribution in [0.1, 0.15) is 62.6 Å². The van der Waals surface area contributed by atoms with E-state index in [1.807, 2.05) is 60.7 Å². The summed E-state index contributed by atoms with van der Waals surface area (Å²) in [7, 11) is 0. The number of amides is 2. The lowest BCUT2D eigenvalue weighted by atomic mass is 9.98. The Morgan fingerprint density at radius 1 is 0.818 bits per heavy atom. The number of alkyl carbamates (subject to hydrolysis) is 1. The number of carbonyl (C=O) groups is 3. The highest BCUT2D eigenvalue weighted by Crippen LogP contribution is 2.44. The number of hydroxylamine groups is 1. The molecule has 0 unspecified atom stereocenters. The molecule has 0 spiro atoms. The van der Waals surface area contributed by atoms with Crippen LogP contribution in [0.25, 0.3) is 11.1 Å². The molecule has 0 aromatic heterocycles. The van der Waals surface area contributed by atoms with E-state index in [2.05, 4.69) is 35.1 Å². The second-order valence-electron chi connectivity index (χ2n) is 11.4. The fraction of sp³-hybridized carbons (Fsp3) is 0.343. The summed E-state index contributed by atoms with van der Waals surface area (Å²) < 4.78 is 16.3. The Hall–Kier alpha value is -4.63. The van der Waals surface area contributed by atoms with Crippen LogP contribution < -0.4 is 10.8 Å². The smallest absolute Gasteiger partial charge is 0.431 e. The largest absolute Gasteiger partial charge is 0.459 e. The van der Waals surface area contributed by atoms with Crippen LogP contribution in [0.3, 0.4) is 0 Å². The highest BCUT2D eigenvalue weighted by molar-refractivity contribution is 5.82. The Labute approximate surface area is 258 Å². The van der Waals surface area contributed by atoms with Crippen molar-refractivity contribution in [1.82, 2.24) is 10.8 Å². The second kappa shape index (κ2) is 15.7. The number of carbonyl (C=O) groups excluding carboxylic acids is 3. The molecule has 0 fully saturated rings. The molecule has 1 aliphatic rings. The number of fused-ring (bicyclic) bond motifs is 3. The quantitative estimate of drug-likeness (QED) is 0.0728. The summed E-state index contributed by atoms with van der Waals surface area (Å²) in [6.07, 6.45) is 3.82. The number of hydrogen-bond donors (Lipinski definition) is 2. The second-order valence-corrected chi connectivity index (χ2v) is 11.4. The minimum atomic E-state index is -0.935. The summed E-state index contributed by atoms with van der Waals surface area (Å²) in [5, 5.41) is 2.69. The van der Waals surface area contributed by atoms with E-state index in [1.165, 1.54) is 0 Å². The lowest BCUT2D eigenvalue weighted by molar-refractivity contribution is -0.147. The summed E-state index contributed by atoms with van der Waals surface area (Å²) in [6, 6.07) is 24.6. The lowest BCUT2D eigenvalue weighted by Crippen LogP contribution is -2.42. The van der Waals surface area contributed by atoms with Crippen LogP contribution in [0.4, 0.5) is 9.59 Å². The van der Waals surface area contributed by atoms with Gasteiger partial charge in [0.2, 0.25) is 0 Å². The average molecular weight is 601 g/mol. The first-order valence-electron chi connectivity index (χ1n) is 14.8. The molecule has 0 saturated heterocycles. The van der Waals surface area contributed by atoms with Crippen molar-refractivity contribution >= 4 is 18.2 Å². The van der Waals surface area contributed by atoms with Crippen molar-refractivity contribution < 1.29 is 33.4 Å². The fourth-order valence-corrected chi connectivity index (χ4v) is 4.86. The molecule has 44 heavy (non-hydrogen) atoms. The molecular formula is C35H40N2O7. The van der Waals surface area contributed by atoms with Crippen LogP contribution in [0.15, 0.2) is 91.0 Å². The van der Waals surface area contributed by atoms with Crippen LogP contribution >= 0.6 is 0 Å². The third-order valence-corrected chi connectivity index (χ3v) is 6.85. The van der Waals surface area contributed by atoms with E-state index >= 15 is 0 Å².